The number of tetrazole rings is 1. The van der Waals surface area contributed by atoms with Crippen molar-refractivity contribution in [1.82, 2.24) is 20.2 Å². The van der Waals surface area contributed by atoms with Gasteiger partial charge in [-0.05, 0) is 41.9 Å². The molecule has 0 saturated carbocycles. The van der Waals surface area contributed by atoms with E-state index in [9.17, 15) is 0 Å². The number of nitrogens with zero attached hydrogens (tertiary/aromatic N) is 4. The van der Waals surface area contributed by atoms with Crippen LogP contribution in [0.5, 0.6) is 0 Å². The Kier molecular flexibility index (Phi) is 4.17. The van der Waals surface area contributed by atoms with Gasteiger partial charge in [0, 0.05) is 12.5 Å². The zero-order chi connectivity index (χ0) is 11.4. The third-order valence-corrected chi connectivity index (χ3v) is 4.02. The van der Waals surface area contributed by atoms with Crippen LogP contribution in [0.3, 0.4) is 0 Å². The van der Waals surface area contributed by atoms with Gasteiger partial charge < -0.3 is 5.73 Å². The molecule has 90 valence electrons. The number of hydrogen-bond donors (Lipinski definition) is 1. The molecule has 1 aliphatic rings. The van der Waals surface area contributed by atoms with Gasteiger partial charge in [0.2, 0.25) is 0 Å². The second kappa shape index (κ2) is 5.63. The van der Waals surface area contributed by atoms with Crippen molar-refractivity contribution in [2.24, 2.45) is 18.7 Å². The van der Waals surface area contributed by atoms with Gasteiger partial charge in [0.05, 0.1) is 7.05 Å². The molecule has 16 heavy (non-hydrogen) atoms. The predicted molar refractivity (Wildman–Crippen MR) is 65.1 cm³/mol. The van der Waals surface area contributed by atoms with Crippen molar-refractivity contribution in [3.8, 4) is 0 Å². The van der Waals surface area contributed by atoms with Crippen molar-refractivity contribution in [3.05, 3.63) is 5.82 Å². The maximum absolute atomic E-state index is 6.12. The molecule has 2 rings (SSSR count). The van der Waals surface area contributed by atoms with Gasteiger partial charge in [-0.15, -0.1) is 10.2 Å². The summed E-state index contributed by atoms with van der Waals surface area (Å²) in [5.41, 5.74) is 6.12. The van der Waals surface area contributed by atoms with Crippen LogP contribution in [0.4, 0.5) is 0 Å². The van der Waals surface area contributed by atoms with Crippen molar-refractivity contribution in [1.29, 1.82) is 0 Å². The second-order valence-corrected chi connectivity index (χ2v) is 5.68. The van der Waals surface area contributed by atoms with Gasteiger partial charge in [-0.3, -0.25) is 0 Å². The summed E-state index contributed by atoms with van der Waals surface area (Å²) in [6.45, 7) is 0. The van der Waals surface area contributed by atoms with Crippen LogP contribution >= 0.6 is 11.8 Å². The Morgan fingerprint density at radius 3 is 2.88 bits per heavy atom. The Hall–Kier alpha value is -0.620. The summed E-state index contributed by atoms with van der Waals surface area (Å²) in [5, 5.41) is 11.9. The summed E-state index contributed by atoms with van der Waals surface area (Å²) in [6.07, 6.45) is 4.47. The van der Waals surface area contributed by atoms with E-state index in [0.717, 1.165) is 24.6 Å². The van der Waals surface area contributed by atoms with E-state index >= 15 is 0 Å². The van der Waals surface area contributed by atoms with Gasteiger partial charge in [0.15, 0.2) is 5.82 Å². The van der Waals surface area contributed by atoms with E-state index < -0.39 is 0 Å². The van der Waals surface area contributed by atoms with Crippen molar-refractivity contribution in [2.75, 3.05) is 11.5 Å². The fourth-order valence-corrected chi connectivity index (χ4v) is 3.34. The summed E-state index contributed by atoms with van der Waals surface area (Å²) in [7, 11) is 1.78. The molecule has 2 heterocycles. The molecule has 0 spiro atoms. The van der Waals surface area contributed by atoms with E-state index in [-0.39, 0.29) is 6.04 Å². The molecule has 0 radical (unpaired) electrons. The smallest absolute Gasteiger partial charge is 0.176 e. The summed E-state index contributed by atoms with van der Waals surface area (Å²) in [5.74, 6) is 4.15. The van der Waals surface area contributed by atoms with Crippen LogP contribution in [0.15, 0.2) is 0 Å². The quantitative estimate of drug-likeness (QED) is 0.836. The fraction of sp³-hybridized carbons (Fsp3) is 0.900. The number of rotatable bonds is 4. The second-order valence-electron chi connectivity index (χ2n) is 4.45. The molecule has 5 nitrogen and oxygen atoms in total. The highest BCUT2D eigenvalue weighted by atomic mass is 32.2. The van der Waals surface area contributed by atoms with Gasteiger partial charge in [-0.2, -0.15) is 16.6 Å². The maximum Gasteiger partial charge on any atom is 0.176 e. The summed E-state index contributed by atoms with van der Waals surface area (Å²) < 4.78 is 0. The molecular weight excluding hydrogens is 222 g/mol. The van der Waals surface area contributed by atoms with Crippen molar-refractivity contribution in [3.63, 3.8) is 0 Å². The third kappa shape index (κ3) is 3.45. The van der Waals surface area contributed by atoms with E-state index in [0.29, 0.717) is 0 Å². The van der Waals surface area contributed by atoms with Crippen molar-refractivity contribution in [2.45, 2.75) is 31.7 Å². The summed E-state index contributed by atoms with van der Waals surface area (Å²) >= 11 is 2.05. The van der Waals surface area contributed by atoms with Crippen molar-refractivity contribution >= 4 is 11.8 Å². The highest BCUT2D eigenvalue weighted by molar-refractivity contribution is 7.99. The topological polar surface area (TPSA) is 69.6 Å². The Labute approximate surface area is 100 Å². The van der Waals surface area contributed by atoms with Crippen LogP contribution in [0.2, 0.25) is 0 Å². The average molecular weight is 241 g/mol. The Balaban J connectivity index is 1.77. The lowest BCUT2D eigenvalue weighted by Gasteiger charge is -2.23. The first-order valence-corrected chi connectivity index (χ1v) is 6.95. The molecule has 1 aromatic heterocycles. The molecule has 0 aliphatic carbocycles. The Morgan fingerprint density at radius 2 is 2.25 bits per heavy atom. The number of aromatic nitrogens is 4. The van der Waals surface area contributed by atoms with Crippen LogP contribution in [-0.2, 0) is 13.5 Å². The molecular formula is C10H19N5S. The zero-order valence-corrected chi connectivity index (χ0v) is 10.5. The minimum Gasteiger partial charge on any atom is -0.327 e. The van der Waals surface area contributed by atoms with Gasteiger partial charge in [0.25, 0.3) is 0 Å². The van der Waals surface area contributed by atoms with Crippen LogP contribution in [0.25, 0.3) is 0 Å². The molecule has 1 fully saturated rings. The maximum atomic E-state index is 6.12. The van der Waals surface area contributed by atoms with Crippen molar-refractivity contribution < 1.29 is 0 Å². The van der Waals surface area contributed by atoms with E-state index in [4.69, 9.17) is 5.73 Å². The van der Waals surface area contributed by atoms with Crippen LogP contribution < -0.4 is 5.73 Å². The Morgan fingerprint density at radius 1 is 1.50 bits per heavy atom. The predicted octanol–water partition coefficient (Wildman–Crippen LogP) is 0.613. The first-order valence-electron chi connectivity index (χ1n) is 5.80. The average Bonchev–Trinajstić information content (AvgIpc) is 2.65. The number of hydrogen-bond acceptors (Lipinski definition) is 5. The molecule has 0 amide bonds. The normalized spacial score (nSPS) is 19.9. The fourth-order valence-electron chi connectivity index (χ4n) is 2.13. The highest BCUT2D eigenvalue weighted by Crippen LogP contribution is 2.26. The molecule has 1 atom stereocenters. The van der Waals surface area contributed by atoms with Gasteiger partial charge in [-0.1, -0.05) is 0 Å². The van der Waals surface area contributed by atoms with Crippen LogP contribution in [0.1, 0.15) is 25.1 Å². The minimum atomic E-state index is 0.178. The summed E-state index contributed by atoms with van der Waals surface area (Å²) in [4.78, 5) is 1.49. The standard InChI is InChI=1S/C10H19N5S/c1-15-13-10(12-14-15)7-9(11)6-8-2-4-16-5-3-8/h8-9H,2-7,11H2,1H3. The molecule has 1 saturated heterocycles. The lowest BCUT2D eigenvalue weighted by Crippen LogP contribution is -2.28. The molecule has 1 aromatic rings. The molecule has 6 heteroatoms. The van der Waals surface area contributed by atoms with E-state index in [2.05, 4.69) is 27.2 Å². The molecule has 0 aromatic carbocycles. The van der Waals surface area contributed by atoms with E-state index in [1.165, 1.54) is 29.1 Å². The third-order valence-electron chi connectivity index (χ3n) is 2.97. The minimum absolute atomic E-state index is 0.178. The Bertz CT molecular complexity index is 321. The molecule has 1 unspecified atom stereocenters. The lowest BCUT2D eigenvalue weighted by molar-refractivity contribution is 0.402. The monoisotopic (exact) mass is 241 g/mol. The largest absolute Gasteiger partial charge is 0.327 e. The first-order chi connectivity index (χ1) is 7.74. The number of thioether (sulfide) groups is 1. The van der Waals surface area contributed by atoms with Gasteiger partial charge >= 0.3 is 0 Å². The van der Waals surface area contributed by atoms with Crippen LogP contribution in [0, 0.1) is 5.92 Å². The lowest BCUT2D eigenvalue weighted by atomic mass is 9.93. The molecule has 2 N–H and O–H groups in total. The molecule has 0 bridgehead atoms. The van der Waals surface area contributed by atoms with E-state index in [1.807, 2.05) is 0 Å². The zero-order valence-electron chi connectivity index (χ0n) is 9.67. The highest BCUT2D eigenvalue weighted by Gasteiger charge is 2.18. The number of aryl methyl sites for hydroxylation is 1. The van der Waals surface area contributed by atoms with Gasteiger partial charge in [-0.25, -0.2) is 0 Å². The summed E-state index contributed by atoms with van der Waals surface area (Å²) in [6, 6.07) is 0.178. The number of nitrogens with two attached hydrogens (primary N) is 1. The molecule has 1 aliphatic heterocycles. The van der Waals surface area contributed by atoms with E-state index in [1.54, 1.807) is 7.05 Å². The SMILES string of the molecule is Cn1nnc(CC(N)CC2CCSCC2)n1. The van der Waals surface area contributed by atoms with Gasteiger partial charge in [0.1, 0.15) is 0 Å². The van der Waals surface area contributed by atoms with Crippen LogP contribution in [-0.4, -0.2) is 37.8 Å². The first kappa shape index (κ1) is 11.9.